The largest absolute Gasteiger partial charge is 0.391 e. The van der Waals surface area contributed by atoms with E-state index in [0.29, 0.717) is 26.4 Å². The van der Waals surface area contributed by atoms with E-state index in [1.807, 2.05) is 71.4 Å². The van der Waals surface area contributed by atoms with Gasteiger partial charge in [0.2, 0.25) is 17.7 Å². The van der Waals surface area contributed by atoms with E-state index in [1.165, 1.54) is 4.90 Å². The van der Waals surface area contributed by atoms with Crippen LogP contribution in [0.4, 0.5) is 0 Å². The van der Waals surface area contributed by atoms with Gasteiger partial charge in [0.25, 0.3) is 0 Å². The third kappa shape index (κ3) is 11.1. The molecule has 1 aliphatic rings. The third-order valence-corrected chi connectivity index (χ3v) is 8.51. The van der Waals surface area contributed by atoms with Crippen molar-refractivity contribution in [1.29, 1.82) is 0 Å². The van der Waals surface area contributed by atoms with Crippen LogP contribution >= 0.6 is 11.3 Å². The lowest BCUT2D eigenvalue weighted by molar-refractivity contribution is -0.144. The summed E-state index contributed by atoms with van der Waals surface area (Å²) in [6, 6.07) is 5.81. The Kier molecular flexibility index (Phi) is 14.3. The van der Waals surface area contributed by atoms with E-state index in [9.17, 15) is 19.5 Å². The normalized spacial score (nSPS) is 18.1. The second kappa shape index (κ2) is 17.7. The van der Waals surface area contributed by atoms with E-state index >= 15 is 0 Å². The van der Waals surface area contributed by atoms with Crippen LogP contribution in [0.15, 0.2) is 29.8 Å². The van der Waals surface area contributed by atoms with Crippen LogP contribution in [0.1, 0.15) is 51.4 Å². The fourth-order valence-electron chi connectivity index (χ4n) is 5.00. The van der Waals surface area contributed by atoms with Gasteiger partial charge in [-0.3, -0.25) is 14.4 Å². The molecule has 45 heavy (non-hydrogen) atoms. The number of amides is 3. The smallest absolute Gasteiger partial charge is 0.246 e. The highest BCUT2D eigenvalue weighted by molar-refractivity contribution is 7.13. The van der Waals surface area contributed by atoms with Gasteiger partial charge in [-0.15, -0.1) is 11.3 Å². The fraction of sp³-hybridized carbons (Fsp3) is 0.625. The van der Waals surface area contributed by atoms with Crippen LogP contribution in [0.2, 0.25) is 0 Å². The first kappa shape index (κ1) is 36.5. The number of likely N-dealkylation sites (tertiary alicyclic amines) is 1. The quantitative estimate of drug-likeness (QED) is 0.189. The fourth-order valence-corrected chi connectivity index (χ4v) is 5.81. The van der Waals surface area contributed by atoms with Gasteiger partial charge in [-0.25, -0.2) is 4.98 Å². The molecule has 4 atom stereocenters. The minimum atomic E-state index is -0.930. The zero-order valence-corrected chi connectivity index (χ0v) is 28.1. The number of benzene rings is 1. The number of aliphatic hydroxyl groups is 1. The van der Waals surface area contributed by atoms with Gasteiger partial charge in [0, 0.05) is 19.5 Å². The number of rotatable bonds is 17. The SMILES string of the molecule is CNCCOCCOCCOCC(=O)NC(C(=O)N1CC(O)CC1C(=O)NC(C)c1ccc(-c2scnc2C)cc1)C(C)(C)C. The number of aliphatic hydroxyl groups excluding tert-OH is 1. The second-order valence-corrected chi connectivity index (χ2v) is 13.1. The van der Waals surface area contributed by atoms with Crippen LogP contribution in [0.5, 0.6) is 0 Å². The molecule has 0 radical (unpaired) electrons. The average molecular weight is 648 g/mol. The van der Waals surface area contributed by atoms with Gasteiger partial charge in [-0.2, -0.15) is 0 Å². The molecule has 2 heterocycles. The van der Waals surface area contributed by atoms with Crippen LogP contribution in [-0.4, -0.2) is 111 Å². The maximum absolute atomic E-state index is 13.8. The molecule has 4 unspecified atom stereocenters. The highest BCUT2D eigenvalue weighted by atomic mass is 32.1. The predicted octanol–water partition coefficient (Wildman–Crippen LogP) is 2.06. The first-order chi connectivity index (χ1) is 21.4. The molecule has 1 aliphatic heterocycles. The van der Waals surface area contributed by atoms with Crippen LogP contribution < -0.4 is 16.0 Å². The molecule has 4 N–H and O–H groups in total. The number of aryl methyl sites for hydroxylation is 1. The lowest BCUT2D eigenvalue weighted by Gasteiger charge is -2.35. The molecule has 2 aromatic rings. The Labute approximate surface area is 270 Å². The summed E-state index contributed by atoms with van der Waals surface area (Å²) in [5, 5.41) is 19.3. The Morgan fingerprint density at radius 1 is 1.04 bits per heavy atom. The Balaban J connectivity index is 1.53. The molecule has 13 heteroatoms. The molecule has 1 saturated heterocycles. The summed E-state index contributed by atoms with van der Waals surface area (Å²) < 4.78 is 16.2. The number of hydrogen-bond acceptors (Lipinski definition) is 10. The molecule has 1 aromatic carbocycles. The van der Waals surface area contributed by atoms with Crippen molar-refractivity contribution in [3.05, 3.63) is 41.0 Å². The van der Waals surface area contributed by atoms with Crippen molar-refractivity contribution < 1.29 is 33.7 Å². The zero-order chi connectivity index (χ0) is 33.0. The first-order valence-corrected chi connectivity index (χ1v) is 16.3. The third-order valence-electron chi connectivity index (χ3n) is 7.53. The Hall–Kier alpha value is -2.94. The van der Waals surface area contributed by atoms with Gasteiger partial charge in [-0.05, 0) is 37.4 Å². The summed E-state index contributed by atoms with van der Waals surface area (Å²) in [6.07, 6.45) is -0.738. The summed E-state index contributed by atoms with van der Waals surface area (Å²) in [4.78, 5) is 46.8. The summed E-state index contributed by atoms with van der Waals surface area (Å²) in [6.45, 7) is 11.9. The average Bonchev–Trinajstić information content (AvgIpc) is 3.61. The van der Waals surface area contributed by atoms with E-state index in [-0.39, 0.29) is 38.1 Å². The number of nitrogens with one attached hydrogen (secondary N) is 3. The van der Waals surface area contributed by atoms with Gasteiger partial charge in [0.1, 0.15) is 18.7 Å². The van der Waals surface area contributed by atoms with Crippen LogP contribution in [-0.2, 0) is 28.6 Å². The zero-order valence-electron chi connectivity index (χ0n) is 27.3. The summed E-state index contributed by atoms with van der Waals surface area (Å²) in [5.74, 6) is -1.24. The molecule has 3 rings (SSSR count). The molecule has 1 aromatic heterocycles. The van der Waals surface area contributed by atoms with Gasteiger partial charge in [0.05, 0.1) is 61.3 Å². The first-order valence-electron chi connectivity index (χ1n) is 15.4. The predicted molar refractivity (Wildman–Crippen MR) is 173 cm³/mol. The van der Waals surface area contributed by atoms with Crippen molar-refractivity contribution in [3.8, 4) is 10.4 Å². The van der Waals surface area contributed by atoms with Crippen molar-refractivity contribution in [2.75, 3.05) is 59.8 Å². The number of carbonyl (C=O) groups excluding carboxylic acids is 3. The Morgan fingerprint density at radius 3 is 2.29 bits per heavy atom. The van der Waals surface area contributed by atoms with Crippen molar-refractivity contribution in [2.45, 2.75) is 65.3 Å². The number of likely N-dealkylation sites (N-methyl/N-ethyl adjacent to an activating group) is 1. The number of aromatic nitrogens is 1. The van der Waals surface area contributed by atoms with Crippen molar-refractivity contribution in [2.24, 2.45) is 5.41 Å². The number of carbonyl (C=O) groups is 3. The number of nitrogens with zero attached hydrogens (tertiary/aromatic N) is 2. The molecule has 3 amide bonds. The molecule has 12 nitrogen and oxygen atoms in total. The monoisotopic (exact) mass is 647 g/mol. The van der Waals surface area contributed by atoms with E-state index in [4.69, 9.17) is 14.2 Å². The highest BCUT2D eigenvalue weighted by Crippen LogP contribution is 2.29. The lowest BCUT2D eigenvalue weighted by Crippen LogP contribution is -2.58. The molecule has 250 valence electrons. The van der Waals surface area contributed by atoms with Crippen LogP contribution in [0, 0.1) is 12.3 Å². The van der Waals surface area contributed by atoms with E-state index < -0.39 is 35.4 Å². The maximum Gasteiger partial charge on any atom is 0.246 e. The molecule has 0 spiro atoms. The molecule has 0 bridgehead atoms. The van der Waals surface area contributed by atoms with Gasteiger partial charge >= 0.3 is 0 Å². The second-order valence-electron chi connectivity index (χ2n) is 12.3. The Morgan fingerprint density at radius 2 is 1.69 bits per heavy atom. The molecule has 0 saturated carbocycles. The molecule has 1 fully saturated rings. The van der Waals surface area contributed by atoms with Crippen LogP contribution in [0.25, 0.3) is 10.4 Å². The van der Waals surface area contributed by atoms with E-state index in [2.05, 4.69) is 20.9 Å². The lowest BCUT2D eigenvalue weighted by atomic mass is 9.85. The molecular formula is C32H49N5O7S. The summed E-state index contributed by atoms with van der Waals surface area (Å²) >= 11 is 1.58. The van der Waals surface area contributed by atoms with Gasteiger partial charge in [0.15, 0.2) is 0 Å². The number of hydrogen-bond donors (Lipinski definition) is 4. The highest BCUT2D eigenvalue weighted by Gasteiger charge is 2.44. The molecule has 0 aliphatic carbocycles. The number of β-amino-alcohol motifs (C(OH)–C–C–N with tert-alkyl or cyclic N) is 1. The standard InChI is InChI=1S/C32H49N5O7S/c1-21(23-7-9-24(10-8-23)28-22(2)34-20-45-28)35-30(40)26-17-25(38)18-37(26)31(41)29(32(3,4)5)36-27(39)19-44-16-15-43-14-13-42-12-11-33-6/h7-10,20-21,25-26,29,33,38H,11-19H2,1-6H3,(H,35,40)(H,36,39). The van der Waals surface area contributed by atoms with Gasteiger partial charge in [-0.1, -0.05) is 45.0 Å². The molecular weight excluding hydrogens is 598 g/mol. The maximum atomic E-state index is 13.8. The number of ether oxygens (including phenoxy) is 3. The van der Waals surface area contributed by atoms with Crippen molar-refractivity contribution in [1.82, 2.24) is 25.8 Å². The minimum Gasteiger partial charge on any atom is -0.391 e. The minimum absolute atomic E-state index is 0.00313. The van der Waals surface area contributed by atoms with Crippen LogP contribution in [0.3, 0.4) is 0 Å². The number of thiazole rings is 1. The van der Waals surface area contributed by atoms with Crippen molar-refractivity contribution >= 4 is 29.1 Å². The summed E-state index contributed by atoms with van der Waals surface area (Å²) in [7, 11) is 1.86. The topological polar surface area (TPSA) is 151 Å². The van der Waals surface area contributed by atoms with E-state index in [0.717, 1.165) is 28.2 Å². The van der Waals surface area contributed by atoms with Crippen molar-refractivity contribution in [3.63, 3.8) is 0 Å². The summed E-state index contributed by atoms with van der Waals surface area (Å²) in [5.41, 5.74) is 4.09. The Bertz CT molecular complexity index is 1230. The van der Waals surface area contributed by atoms with Gasteiger partial charge < -0.3 is 40.2 Å². The van der Waals surface area contributed by atoms with E-state index in [1.54, 1.807) is 11.3 Å².